The largest absolute Gasteiger partial charge is 0.242 e. The van der Waals surface area contributed by atoms with Crippen LogP contribution in [-0.2, 0) is 11.8 Å². The van der Waals surface area contributed by atoms with Crippen molar-refractivity contribution in [2.75, 3.05) is 0 Å². The van der Waals surface area contributed by atoms with Crippen molar-refractivity contribution in [3.63, 3.8) is 0 Å². The van der Waals surface area contributed by atoms with E-state index in [1.54, 1.807) is 6.07 Å². The Bertz CT molecular complexity index is 648. The zero-order valence-electron chi connectivity index (χ0n) is 13.0. The standard InChI is InChI=1S/C17H20N4/c1-12(15-7-5-6-14(11-18)19-15)10-13-8-9-16(21-20-13)17(2,3)4/h5-9,12H,10H2,1-4H3. The quantitative estimate of drug-likeness (QED) is 0.864. The molecule has 0 amide bonds. The lowest BCUT2D eigenvalue weighted by atomic mass is 9.92. The second-order valence-electron chi connectivity index (χ2n) is 6.32. The fourth-order valence-electron chi connectivity index (χ4n) is 2.08. The van der Waals surface area contributed by atoms with Gasteiger partial charge in [0.25, 0.3) is 0 Å². The van der Waals surface area contributed by atoms with Crippen molar-refractivity contribution in [1.29, 1.82) is 5.26 Å². The highest BCUT2D eigenvalue weighted by Gasteiger charge is 2.16. The molecule has 2 aromatic rings. The first-order valence-electron chi connectivity index (χ1n) is 7.10. The van der Waals surface area contributed by atoms with Gasteiger partial charge in [-0.15, -0.1) is 0 Å². The van der Waals surface area contributed by atoms with Gasteiger partial charge in [0.05, 0.1) is 11.4 Å². The van der Waals surface area contributed by atoms with E-state index in [9.17, 15) is 0 Å². The molecule has 4 heteroatoms. The maximum absolute atomic E-state index is 8.91. The van der Waals surface area contributed by atoms with Gasteiger partial charge in [-0.1, -0.05) is 33.8 Å². The van der Waals surface area contributed by atoms with Crippen LogP contribution in [0.5, 0.6) is 0 Å². The summed E-state index contributed by atoms with van der Waals surface area (Å²) in [4.78, 5) is 4.33. The van der Waals surface area contributed by atoms with Crippen LogP contribution in [0.15, 0.2) is 30.3 Å². The van der Waals surface area contributed by atoms with Gasteiger partial charge < -0.3 is 0 Å². The number of hydrogen-bond donors (Lipinski definition) is 0. The summed E-state index contributed by atoms with van der Waals surface area (Å²) in [5, 5.41) is 17.5. The predicted octanol–water partition coefficient (Wildman–Crippen LogP) is 3.39. The van der Waals surface area contributed by atoms with Crippen molar-refractivity contribution in [2.24, 2.45) is 0 Å². The van der Waals surface area contributed by atoms with Crippen molar-refractivity contribution in [2.45, 2.75) is 45.4 Å². The molecule has 2 heterocycles. The zero-order valence-corrected chi connectivity index (χ0v) is 13.0. The highest BCUT2D eigenvalue weighted by Crippen LogP contribution is 2.21. The van der Waals surface area contributed by atoms with E-state index in [0.29, 0.717) is 5.69 Å². The third-order valence-corrected chi connectivity index (χ3v) is 3.39. The molecule has 0 saturated heterocycles. The van der Waals surface area contributed by atoms with E-state index in [4.69, 9.17) is 5.26 Å². The van der Waals surface area contributed by atoms with E-state index in [1.807, 2.05) is 24.3 Å². The van der Waals surface area contributed by atoms with Crippen LogP contribution in [0.3, 0.4) is 0 Å². The van der Waals surface area contributed by atoms with Crippen LogP contribution in [-0.4, -0.2) is 15.2 Å². The van der Waals surface area contributed by atoms with Gasteiger partial charge in [-0.3, -0.25) is 0 Å². The molecule has 0 radical (unpaired) electrons. The Balaban J connectivity index is 2.12. The molecule has 1 atom stereocenters. The Morgan fingerprint density at radius 1 is 1.14 bits per heavy atom. The summed E-state index contributed by atoms with van der Waals surface area (Å²) in [6.45, 7) is 8.45. The summed E-state index contributed by atoms with van der Waals surface area (Å²) in [6, 6.07) is 11.7. The minimum absolute atomic E-state index is 0.0137. The van der Waals surface area contributed by atoms with Crippen LogP contribution < -0.4 is 0 Å². The van der Waals surface area contributed by atoms with Crippen molar-refractivity contribution >= 4 is 0 Å². The highest BCUT2D eigenvalue weighted by molar-refractivity contribution is 5.24. The summed E-state index contributed by atoms with van der Waals surface area (Å²) in [6.07, 6.45) is 0.763. The molecule has 21 heavy (non-hydrogen) atoms. The van der Waals surface area contributed by atoms with Gasteiger partial charge in [0.2, 0.25) is 0 Å². The van der Waals surface area contributed by atoms with Gasteiger partial charge in [0.15, 0.2) is 0 Å². The highest BCUT2D eigenvalue weighted by atomic mass is 15.1. The Labute approximate surface area is 125 Å². The Kier molecular flexibility index (Phi) is 4.32. The minimum Gasteiger partial charge on any atom is -0.242 e. The third kappa shape index (κ3) is 3.85. The minimum atomic E-state index is 0.0137. The number of nitrogens with zero attached hydrogens (tertiary/aromatic N) is 4. The average molecular weight is 280 g/mol. The summed E-state index contributed by atoms with van der Waals surface area (Å²) in [5.41, 5.74) is 3.31. The fourth-order valence-corrected chi connectivity index (χ4v) is 2.08. The second kappa shape index (κ2) is 6.01. The molecule has 0 spiro atoms. The first-order valence-corrected chi connectivity index (χ1v) is 7.10. The van der Waals surface area contributed by atoms with E-state index in [1.165, 1.54) is 0 Å². The van der Waals surface area contributed by atoms with E-state index in [0.717, 1.165) is 23.5 Å². The molecule has 0 aliphatic carbocycles. The second-order valence-corrected chi connectivity index (χ2v) is 6.32. The SMILES string of the molecule is CC(Cc1ccc(C(C)(C)C)nn1)c1cccc(C#N)n1. The number of aromatic nitrogens is 3. The van der Waals surface area contributed by atoms with Gasteiger partial charge in [-0.05, 0) is 30.7 Å². The maximum atomic E-state index is 8.91. The molecule has 0 bridgehead atoms. The topological polar surface area (TPSA) is 62.5 Å². The summed E-state index contributed by atoms with van der Waals surface area (Å²) in [5.74, 6) is 0.202. The van der Waals surface area contributed by atoms with Crippen molar-refractivity contribution < 1.29 is 0 Å². The molecular weight excluding hydrogens is 260 g/mol. The predicted molar refractivity (Wildman–Crippen MR) is 81.8 cm³/mol. The third-order valence-electron chi connectivity index (χ3n) is 3.39. The Morgan fingerprint density at radius 3 is 2.48 bits per heavy atom. The lowest BCUT2D eigenvalue weighted by Gasteiger charge is -2.17. The molecule has 0 N–H and O–H groups in total. The van der Waals surface area contributed by atoms with Crippen LogP contribution in [0.4, 0.5) is 0 Å². The van der Waals surface area contributed by atoms with Crippen molar-refractivity contribution in [3.05, 3.63) is 53.1 Å². The molecule has 0 aliphatic rings. The van der Waals surface area contributed by atoms with E-state index >= 15 is 0 Å². The lowest BCUT2D eigenvalue weighted by molar-refractivity contribution is 0.554. The molecule has 108 valence electrons. The summed E-state index contributed by atoms with van der Waals surface area (Å²) >= 11 is 0. The summed E-state index contributed by atoms with van der Waals surface area (Å²) < 4.78 is 0. The van der Waals surface area contributed by atoms with Crippen molar-refractivity contribution in [3.8, 4) is 6.07 Å². The van der Waals surface area contributed by atoms with Gasteiger partial charge in [0.1, 0.15) is 11.8 Å². The summed E-state index contributed by atoms with van der Waals surface area (Å²) in [7, 11) is 0. The van der Waals surface area contributed by atoms with Crippen molar-refractivity contribution in [1.82, 2.24) is 15.2 Å². The number of rotatable bonds is 3. The first kappa shape index (κ1) is 15.1. The van der Waals surface area contributed by atoms with Gasteiger partial charge in [-0.25, -0.2) is 4.98 Å². The Hall–Kier alpha value is -2.28. The fraction of sp³-hybridized carbons (Fsp3) is 0.412. The number of pyridine rings is 1. The molecule has 0 aliphatic heterocycles. The molecule has 1 unspecified atom stereocenters. The molecule has 2 aromatic heterocycles. The van der Waals surface area contributed by atoms with E-state index in [-0.39, 0.29) is 11.3 Å². The molecular formula is C17H20N4. The molecule has 0 fully saturated rings. The molecule has 0 aromatic carbocycles. The van der Waals surface area contributed by atoms with E-state index < -0.39 is 0 Å². The first-order chi connectivity index (χ1) is 9.90. The lowest BCUT2D eigenvalue weighted by Crippen LogP contribution is -2.15. The average Bonchev–Trinajstić information content (AvgIpc) is 2.47. The number of nitriles is 1. The molecule has 0 saturated carbocycles. The van der Waals surface area contributed by atoms with Gasteiger partial charge >= 0.3 is 0 Å². The van der Waals surface area contributed by atoms with Gasteiger partial charge in [-0.2, -0.15) is 15.5 Å². The zero-order chi connectivity index (χ0) is 15.5. The van der Waals surface area contributed by atoms with E-state index in [2.05, 4.69) is 48.9 Å². The smallest absolute Gasteiger partial charge is 0.140 e. The Morgan fingerprint density at radius 2 is 1.90 bits per heavy atom. The number of hydrogen-bond acceptors (Lipinski definition) is 4. The van der Waals surface area contributed by atoms with Crippen LogP contribution in [0.25, 0.3) is 0 Å². The molecule has 4 nitrogen and oxygen atoms in total. The van der Waals surface area contributed by atoms with Crippen LogP contribution >= 0.6 is 0 Å². The van der Waals surface area contributed by atoms with Crippen LogP contribution in [0.1, 0.15) is 56.4 Å². The normalized spacial score (nSPS) is 12.7. The molecule has 2 rings (SSSR count). The monoisotopic (exact) mass is 280 g/mol. The maximum Gasteiger partial charge on any atom is 0.140 e. The van der Waals surface area contributed by atoms with Gasteiger partial charge in [0, 0.05) is 17.0 Å². The van der Waals surface area contributed by atoms with Crippen LogP contribution in [0, 0.1) is 11.3 Å². The van der Waals surface area contributed by atoms with Crippen LogP contribution in [0.2, 0.25) is 0 Å².